The van der Waals surface area contributed by atoms with Gasteiger partial charge < -0.3 is 14.6 Å². The van der Waals surface area contributed by atoms with Crippen LogP contribution in [-0.2, 0) is 0 Å². The minimum Gasteiger partial charge on any atom is -0.504 e. The number of methoxy groups -OCH3 is 1. The molecule has 0 saturated carbocycles. The van der Waals surface area contributed by atoms with Gasteiger partial charge in [0.25, 0.3) is 0 Å². The number of ketones is 1. The summed E-state index contributed by atoms with van der Waals surface area (Å²) in [7, 11) is 1.44. The third-order valence-electron chi connectivity index (χ3n) is 3.40. The Morgan fingerprint density at radius 3 is 2.65 bits per heavy atom. The van der Waals surface area contributed by atoms with Crippen LogP contribution in [0.3, 0.4) is 0 Å². The Hall–Kier alpha value is -2.49. The van der Waals surface area contributed by atoms with Crippen molar-refractivity contribution in [1.29, 1.82) is 0 Å². The minimum absolute atomic E-state index is 0.0154. The molecule has 3 rings (SSSR count). The van der Waals surface area contributed by atoms with Crippen molar-refractivity contribution < 1.29 is 19.4 Å². The number of Topliss-reactive ketones (excluding diaryl/α,β-unsaturated/α-hetero) is 1. The molecule has 102 valence electrons. The monoisotopic (exact) mass is 270 g/mol. The molecule has 20 heavy (non-hydrogen) atoms. The summed E-state index contributed by atoms with van der Waals surface area (Å²) in [5, 5.41) is 9.79. The first kappa shape index (κ1) is 12.5. The number of carbonyl (C=O) groups is 1. The lowest BCUT2D eigenvalue weighted by Gasteiger charge is -2.27. The minimum atomic E-state index is -0.355. The maximum absolute atomic E-state index is 12.2. The van der Waals surface area contributed by atoms with Gasteiger partial charge in [-0.25, -0.2) is 0 Å². The van der Waals surface area contributed by atoms with Gasteiger partial charge >= 0.3 is 0 Å². The van der Waals surface area contributed by atoms with E-state index in [9.17, 15) is 9.90 Å². The van der Waals surface area contributed by atoms with Crippen molar-refractivity contribution in [3.05, 3.63) is 53.6 Å². The summed E-state index contributed by atoms with van der Waals surface area (Å²) in [6.07, 6.45) is -0.0720. The maximum atomic E-state index is 12.2. The van der Waals surface area contributed by atoms with Gasteiger partial charge in [0.2, 0.25) is 5.75 Å². The zero-order valence-corrected chi connectivity index (χ0v) is 11.0. The number of benzene rings is 2. The summed E-state index contributed by atoms with van der Waals surface area (Å²) in [6, 6.07) is 12.6. The third-order valence-corrected chi connectivity index (χ3v) is 3.40. The summed E-state index contributed by atoms with van der Waals surface area (Å²) in [5.74, 6) is 0.472. The molecule has 0 amide bonds. The van der Waals surface area contributed by atoms with Crippen LogP contribution in [0, 0.1) is 0 Å². The molecule has 1 unspecified atom stereocenters. The van der Waals surface area contributed by atoms with Crippen molar-refractivity contribution in [3.8, 4) is 17.2 Å². The number of hydrogen-bond donors (Lipinski definition) is 1. The van der Waals surface area contributed by atoms with Crippen molar-refractivity contribution in [3.63, 3.8) is 0 Å². The van der Waals surface area contributed by atoms with Gasteiger partial charge in [0.15, 0.2) is 17.3 Å². The van der Waals surface area contributed by atoms with Crippen LogP contribution in [0.4, 0.5) is 0 Å². The van der Waals surface area contributed by atoms with Gasteiger partial charge in [-0.1, -0.05) is 30.3 Å². The van der Waals surface area contributed by atoms with E-state index in [1.54, 1.807) is 6.07 Å². The van der Waals surface area contributed by atoms with Crippen LogP contribution in [0.25, 0.3) is 0 Å². The summed E-state index contributed by atoms with van der Waals surface area (Å²) < 4.78 is 11.0. The Morgan fingerprint density at radius 2 is 1.95 bits per heavy atom. The fourth-order valence-corrected chi connectivity index (χ4v) is 2.40. The highest BCUT2D eigenvalue weighted by Crippen LogP contribution is 2.45. The largest absolute Gasteiger partial charge is 0.504 e. The lowest BCUT2D eigenvalue weighted by Crippen LogP contribution is -2.20. The number of fused-ring (bicyclic) bond motifs is 1. The Kier molecular flexibility index (Phi) is 3.06. The summed E-state index contributed by atoms with van der Waals surface area (Å²) in [4.78, 5) is 12.2. The summed E-state index contributed by atoms with van der Waals surface area (Å²) >= 11 is 0. The number of carbonyl (C=O) groups excluding carboxylic acids is 1. The highest BCUT2D eigenvalue weighted by atomic mass is 16.5. The molecule has 1 heterocycles. The normalized spacial score (nSPS) is 17.2. The van der Waals surface area contributed by atoms with Crippen LogP contribution < -0.4 is 9.47 Å². The van der Waals surface area contributed by atoms with Gasteiger partial charge in [0, 0.05) is 0 Å². The molecule has 0 fully saturated rings. The molecule has 2 aromatic rings. The van der Waals surface area contributed by atoms with E-state index in [0.29, 0.717) is 11.3 Å². The average Bonchev–Trinajstić information content (AvgIpc) is 2.48. The number of hydrogen-bond acceptors (Lipinski definition) is 4. The van der Waals surface area contributed by atoms with Gasteiger partial charge in [-0.3, -0.25) is 4.79 Å². The number of phenolic OH excluding ortho intramolecular Hbond substituents is 1. The second-order valence-electron chi connectivity index (χ2n) is 4.64. The van der Waals surface area contributed by atoms with Crippen LogP contribution in [0.2, 0.25) is 0 Å². The van der Waals surface area contributed by atoms with Gasteiger partial charge in [-0.15, -0.1) is 0 Å². The molecule has 4 nitrogen and oxygen atoms in total. The van der Waals surface area contributed by atoms with Gasteiger partial charge in [-0.2, -0.15) is 0 Å². The molecule has 1 aliphatic rings. The molecular weight excluding hydrogens is 256 g/mol. The highest BCUT2D eigenvalue weighted by Gasteiger charge is 2.31. The number of ether oxygens (including phenoxy) is 2. The van der Waals surface area contributed by atoms with E-state index in [1.165, 1.54) is 13.2 Å². The SMILES string of the molecule is COc1c(O)ccc2c1OC(c1ccccc1)CC2=O. The molecule has 0 radical (unpaired) electrons. The first-order valence-electron chi connectivity index (χ1n) is 6.35. The third kappa shape index (κ3) is 1.99. The molecule has 0 saturated heterocycles. The van der Waals surface area contributed by atoms with Crippen molar-refractivity contribution in [2.45, 2.75) is 12.5 Å². The second kappa shape index (κ2) is 4.89. The van der Waals surface area contributed by atoms with E-state index in [1.807, 2.05) is 30.3 Å². The van der Waals surface area contributed by atoms with Crippen LogP contribution in [0.15, 0.2) is 42.5 Å². The molecule has 0 spiro atoms. The molecule has 2 aromatic carbocycles. The van der Waals surface area contributed by atoms with E-state index in [2.05, 4.69) is 0 Å². The predicted octanol–water partition coefficient (Wildman–Crippen LogP) is 3.11. The van der Waals surface area contributed by atoms with Gasteiger partial charge in [0.1, 0.15) is 6.10 Å². The fraction of sp³-hybridized carbons (Fsp3) is 0.188. The summed E-state index contributed by atoms with van der Waals surface area (Å²) in [6.45, 7) is 0. The fourth-order valence-electron chi connectivity index (χ4n) is 2.40. The number of aromatic hydroxyl groups is 1. The van der Waals surface area contributed by atoms with Crippen molar-refractivity contribution in [2.75, 3.05) is 7.11 Å². The van der Waals surface area contributed by atoms with E-state index >= 15 is 0 Å². The lowest BCUT2D eigenvalue weighted by atomic mass is 9.96. The highest BCUT2D eigenvalue weighted by molar-refractivity contribution is 6.01. The van der Waals surface area contributed by atoms with Gasteiger partial charge in [-0.05, 0) is 17.7 Å². The van der Waals surface area contributed by atoms with Crippen molar-refractivity contribution in [1.82, 2.24) is 0 Å². The van der Waals surface area contributed by atoms with Crippen LogP contribution in [0.1, 0.15) is 28.4 Å². The zero-order chi connectivity index (χ0) is 14.1. The standard InChI is InChI=1S/C16H14O4/c1-19-16-12(17)8-7-11-13(18)9-14(20-15(11)16)10-5-3-2-4-6-10/h2-8,14,17H,9H2,1H3. The molecular formula is C16H14O4. The van der Waals surface area contributed by atoms with Crippen LogP contribution in [0.5, 0.6) is 17.2 Å². The summed E-state index contributed by atoms with van der Waals surface area (Å²) in [5.41, 5.74) is 1.38. The molecule has 1 atom stereocenters. The first-order chi connectivity index (χ1) is 9.70. The van der Waals surface area contributed by atoms with Crippen LogP contribution in [-0.4, -0.2) is 18.0 Å². The van der Waals surface area contributed by atoms with Crippen LogP contribution >= 0.6 is 0 Å². The molecule has 4 heteroatoms. The quantitative estimate of drug-likeness (QED) is 0.911. The topological polar surface area (TPSA) is 55.8 Å². The lowest BCUT2D eigenvalue weighted by molar-refractivity contribution is 0.0841. The zero-order valence-electron chi connectivity index (χ0n) is 11.0. The van der Waals surface area contributed by atoms with Crippen molar-refractivity contribution in [2.24, 2.45) is 0 Å². The molecule has 0 bridgehead atoms. The number of rotatable bonds is 2. The smallest absolute Gasteiger partial charge is 0.203 e. The second-order valence-corrected chi connectivity index (χ2v) is 4.64. The van der Waals surface area contributed by atoms with Gasteiger partial charge in [0.05, 0.1) is 19.1 Å². The van der Waals surface area contributed by atoms with E-state index in [4.69, 9.17) is 9.47 Å². The molecule has 0 aliphatic carbocycles. The molecule has 1 N–H and O–H groups in total. The molecule has 0 aromatic heterocycles. The van der Waals surface area contributed by atoms with E-state index in [0.717, 1.165) is 5.56 Å². The molecule has 1 aliphatic heterocycles. The number of phenols is 1. The first-order valence-corrected chi connectivity index (χ1v) is 6.35. The Balaban J connectivity index is 2.05. The predicted molar refractivity (Wildman–Crippen MR) is 73.4 cm³/mol. The van der Waals surface area contributed by atoms with E-state index < -0.39 is 0 Å². The van der Waals surface area contributed by atoms with E-state index in [-0.39, 0.29) is 29.8 Å². The average molecular weight is 270 g/mol. The Labute approximate surface area is 116 Å². The maximum Gasteiger partial charge on any atom is 0.203 e. The van der Waals surface area contributed by atoms with Crippen molar-refractivity contribution >= 4 is 5.78 Å². The Morgan fingerprint density at radius 1 is 1.20 bits per heavy atom. The Bertz CT molecular complexity index is 649.